The van der Waals surface area contributed by atoms with E-state index in [1.807, 2.05) is 19.1 Å². The van der Waals surface area contributed by atoms with Crippen LogP contribution in [0.4, 0.5) is 14.5 Å². The zero-order chi connectivity index (χ0) is 15.4. The number of halogens is 4. The van der Waals surface area contributed by atoms with Gasteiger partial charge in [0.15, 0.2) is 0 Å². The van der Waals surface area contributed by atoms with Crippen LogP contribution in [-0.4, -0.2) is 6.61 Å². The monoisotopic (exact) mass is 375 g/mol. The number of ether oxygens (including phenoxy) is 1. The van der Waals surface area contributed by atoms with E-state index in [0.717, 1.165) is 10.0 Å². The van der Waals surface area contributed by atoms with Crippen LogP contribution in [0.2, 0.25) is 5.02 Å². The summed E-state index contributed by atoms with van der Waals surface area (Å²) in [6, 6.07) is 11.9. The summed E-state index contributed by atoms with van der Waals surface area (Å²) >= 11 is 9.54. The molecule has 1 N–H and O–H groups in total. The first-order chi connectivity index (χ1) is 9.97. The summed E-state index contributed by atoms with van der Waals surface area (Å²) in [6.07, 6.45) is 0. The summed E-state index contributed by atoms with van der Waals surface area (Å²) < 4.78 is 30.2. The van der Waals surface area contributed by atoms with Crippen molar-refractivity contribution in [2.75, 3.05) is 5.32 Å². The molecular formula is C15H13BrClF2NO. The standard InChI is InChI=1S/C15H13BrClF2NO/c1-9(11-7-6-10(16)8-12(11)17)20-13-4-2-3-5-14(13)21-15(18)19/h2-9,15,20H,1H3. The van der Waals surface area contributed by atoms with Gasteiger partial charge < -0.3 is 10.1 Å². The first-order valence-corrected chi connectivity index (χ1v) is 7.40. The van der Waals surface area contributed by atoms with Crippen LogP contribution in [0.15, 0.2) is 46.9 Å². The van der Waals surface area contributed by atoms with E-state index in [1.54, 1.807) is 24.3 Å². The lowest BCUT2D eigenvalue weighted by Crippen LogP contribution is -2.10. The van der Waals surface area contributed by atoms with Gasteiger partial charge in [-0.2, -0.15) is 8.78 Å². The van der Waals surface area contributed by atoms with Gasteiger partial charge in [-0.15, -0.1) is 0 Å². The van der Waals surface area contributed by atoms with E-state index in [1.165, 1.54) is 6.07 Å². The maximum atomic E-state index is 12.4. The molecule has 2 nitrogen and oxygen atoms in total. The molecule has 112 valence electrons. The SMILES string of the molecule is CC(Nc1ccccc1OC(F)F)c1ccc(Br)cc1Cl. The summed E-state index contributed by atoms with van der Waals surface area (Å²) in [6.45, 7) is -0.964. The second-order valence-electron chi connectivity index (χ2n) is 4.41. The summed E-state index contributed by atoms with van der Waals surface area (Å²) in [5.74, 6) is 0.104. The smallest absolute Gasteiger partial charge is 0.387 e. The fourth-order valence-corrected chi connectivity index (χ4v) is 2.79. The van der Waals surface area contributed by atoms with Gasteiger partial charge in [0.2, 0.25) is 0 Å². The third kappa shape index (κ3) is 4.32. The summed E-state index contributed by atoms with van der Waals surface area (Å²) in [5.41, 5.74) is 1.36. The number of hydrogen-bond donors (Lipinski definition) is 1. The molecule has 1 atom stereocenters. The van der Waals surface area contributed by atoms with Crippen molar-refractivity contribution in [3.05, 3.63) is 57.5 Å². The topological polar surface area (TPSA) is 21.3 Å². The quantitative estimate of drug-likeness (QED) is 0.704. The number of anilines is 1. The minimum absolute atomic E-state index is 0.104. The minimum Gasteiger partial charge on any atom is -0.433 e. The van der Waals surface area contributed by atoms with E-state index in [-0.39, 0.29) is 11.8 Å². The zero-order valence-corrected chi connectivity index (χ0v) is 13.5. The highest BCUT2D eigenvalue weighted by Crippen LogP contribution is 2.32. The molecule has 2 aromatic carbocycles. The molecule has 0 aliphatic rings. The number of para-hydroxylation sites is 2. The van der Waals surface area contributed by atoms with E-state index < -0.39 is 6.61 Å². The average molecular weight is 377 g/mol. The molecule has 0 bridgehead atoms. The van der Waals surface area contributed by atoms with Crippen LogP contribution in [0, 0.1) is 0 Å². The molecule has 0 saturated heterocycles. The lowest BCUT2D eigenvalue weighted by molar-refractivity contribution is -0.0493. The molecule has 6 heteroatoms. The van der Waals surface area contributed by atoms with Crippen molar-refractivity contribution in [3.63, 3.8) is 0 Å². The molecular weight excluding hydrogens is 364 g/mol. The van der Waals surface area contributed by atoms with E-state index in [9.17, 15) is 8.78 Å². The van der Waals surface area contributed by atoms with Crippen molar-refractivity contribution in [2.24, 2.45) is 0 Å². The maximum Gasteiger partial charge on any atom is 0.387 e. The van der Waals surface area contributed by atoms with Crippen molar-refractivity contribution < 1.29 is 13.5 Å². The van der Waals surface area contributed by atoms with Crippen molar-refractivity contribution in [3.8, 4) is 5.75 Å². The molecule has 0 saturated carbocycles. The first kappa shape index (κ1) is 16.0. The van der Waals surface area contributed by atoms with Crippen molar-refractivity contribution >= 4 is 33.2 Å². The molecule has 0 aromatic heterocycles. The third-order valence-corrected chi connectivity index (χ3v) is 3.72. The fourth-order valence-electron chi connectivity index (χ4n) is 1.95. The Bertz CT molecular complexity index is 624. The number of benzene rings is 2. The van der Waals surface area contributed by atoms with Crippen LogP contribution < -0.4 is 10.1 Å². The van der Waals surface area contributed by atoms with Gasteiger partial charge in [-0.1, -0.05) is 45.7 Å². The number of rotatable bonds is 5. The summed E-state index contributed by atoms with van der Waals surface area (Å²) in [7, 11) is 0. The van der Waals surface area contributed by atoms with Crippen molar-refractivity contribution in [1.29, 1.82) is 0 Å². The Kier molecular flexibility index (Phi) is 5.42. The largest absolute Gasteiger partial charge is 0.433 e. The van der Waals surface area contributed by atoms with E-state index in [0.29, 0.717) is 10.7 Å². The molecule has 0 spiro atoms. The molecule has 2 aromatic rings. The minimum atomic E-state index is -2.86. The molecule has 21 heavy (non-hydrogen) atoms. The number of alkyl halides is 2. The van der Waals surface area contributed by atoms with E-state index in [2.05, 4.69) is 26.0 Å². The van der Waals surface area contributed by atoms with Crippen LogP contribution in [0.25, 0.3) is 0 Å². The second kappa shape index (κ2) is 7.09. The molecule has 1 unspecified atom stereocenters. The molecule has 2 rings (SSSR count). The molecule has 0 radical (unpaired) electrons. The summed E-state index contributed by atoms with van der Waals surface area (Å²) in [4.78, 5) is 0. The Hall–Kier alpha value is -1.33. The van der Waals surface area contributed by atoms with Crippen molar-refractivity contribution in [2.45, 2.75) is 19.6 Å². The Morgan fingerprint density at radius 3 is 2.57 bits per heavy atom. The van der Waals surface area contributed by atoms with Crippen LogP contribution in [0.5, 0.6) is 5.75 Å². The van der Waals surface area contributed by atoms with Gasteiger partial charge in [-0.25, -0.2) is 0 Å². The predicted octanol–water partition coefficient (Wildman–Crippen LogP) is 5.88. The third-order valence-electron chi connectivity index (χ3n) is 2.90. The lowest BCUT2D eigenvalue weighted by atomic mass is 10.1. The highest BCUT2D eigenvalue weighted by atomic mass is 79.9. The van der Waals surface area contributed by atoms with Crippen molar-refractivity contribution in [1.82, 2.24) is 0 Å². The first-order valence-electron chi connectivity index (χ1n) is 6.22. The lowest BCUT2D eigenvalue weighted by Gasteiger charge is -2.19. The maximum absolute atomic E-state index is 12.4. The molecule has 0 heterocycles. The van der Waals surface area contributed by atoms with Crippen LogP contribution in [-0.2, 0) is 0 Å². The van der Waals surface area contributed by atoms with Gasteiger partial charge in [0.25, 0.3) is 0 Å². The van der Waals surface area contributed by atoms with E-state index in [4.69, 9.17) is 11.6 Å². The Morgan fingerprint density at radius 1 is 1.19 bits per heavy atom. The molecule has 0 fully saturated rings. The Balaban J connectivity index is 2.21. The van der Waals surface area contributed by atoms with Gasteiger partial charge in [0.05, 0.1) is 11.7 Å². The molecule has 0 amide bonds. The predicted molar refractivity (Wildman–Crippen MR) is 84.3 cm³/mol. The normalized spacial score (nSPS) is 12.3. The van der Waals surface area contributed by atoms with E-state index >= 15 is 0 Å². The molecule has 0 aliphatic carbocycles. The molecule has 0 aliphatic heterocycles. The van der Waals surface area contributed by atoms with Crippen LogP contribution >= 0.6 is 27.5 Å². The average Bonchev–Trinajstić information content (AvgIpc) is 2.40. The van der Waals surface area contributed by atoms with Gasteiger partial charge in [0, 0.05) is 9.50 Å². The van der Waals surface area contributed by atoms with Gasteiger partial charge in [0.1, 0.15) is 5.75 Å². The number of hydrogen-bond acceptors (Lipinski definition) is 2. The highest BCUT2D eigenvalue weighted by molar-refractivity contribution is 9.10. The van der Waals surface area contributed by atoms with Crippen LogP contribution in [0.1, 0.15) is 18.5 Å². The summed E-state index contributed by atoms with van der Waals surface area (Å²) in [5, 5.41) is 3.73. The van der Waals surface area contributed by atoms with Gasteiger partial charge in [-0.05, 0) is 36.8 Å². The number of nitrogens with one attached hydrogen (secondary N) is 1. The van der Waals surface area contributed by atoms with Crippen LogP contribution in [0.3, 0.4) is 0 Å². The highest BCUT2D eigenvalue weighted by Gasteiger charge is 2.14. The second-order valence-corrected chi connectivity index (χ2v) is 5.73. The Morgan fingerprint density at radius 2 is 1.90 bits per heavy atom. The zero-order valence-electron chi connectivity index (χ0n) is 11.1. The Labute approximate surface area is 135 Å². The van der Waals surface area contributed by atoms with Gasteiger partial charge in [-0.3, -0.25) is 0 Å². The fraction of sp³-hybridized carbons (Fsp3) is 0.200. The van der Waals surface area contributed by atoms with Gasteiger partial charge >= 0.3 is 6.61 Å².